The van der Waals surface area contributed by atoms with Crippen LogP contribution >= 0.6 is 0 Å². The first-order chi connectivity index (χ1) is 8.17. The van der Waals surface area contributed by atoms with Crippen LogP contribution in [0.2, 0.25) is 0 Å². The molecule has 0 radical (unpaired) electrons. The van der Waals surface area contributed by atoms with E-state index in [2.05, 4.69) is 16.9 Å². The summed E-state index contributed by atoms with van der Waals surface area (Å²) in [7, 11) is 0. The molecule has 0 aromatic carbocycles. The zero-order valence-corrected chi connectivity index (χ0v) is 9.49. The normalized spacial score (nSPS) is 42.8. The van der Waals surface area contributed by atoms with Crippen LogP contribution < -0.4 is 5.32 Å². The molecule has 5 unspecified atom stereocenters. The number of aliphatic hydroxyl groups is 3. The van der Waals surface area contributed by atoms with Crippen LogP contribution in [0.5, 0.6) is 0 Å². The zero-order chi connectivity index (χ0) is 12.4. The van der Waals surface area contributed by atoms with Crippen molar-refractivity contribution in [2.75, 3.05) is 13.2 Å². The Morgan fingerprint density at radius 1 is 1.47 bits per heavy atom. The molecular weight excluding hydrogens is 224 g/mol. The zero-order valence-electron chi connectivity index (χ0n) is 9.49. The van der Waals surface area contributed by atoms with Gasteiger partial charge in [0.2, 0.25) is 0 Å². The van der Waals surface area contributed by atoms with Crippen LogP contribution in [0.3, 0.4) is 0 Å². The molecule has 0 aromatic rings. The molecule has 2 fully saturated rings. The molecule has 0 spiro atoms. The van der Waals surface area contributed by atoms with E-state index in [9.17, 15) is 10.2 Å². The molecule has 1 saturated carbocycles. The van der Waals surface area contributed by atoms with Crippen LogP contribution in [0.15, 0.2) is 17.6 Å². The second-order valence-corrected chi connectivity index (χ2v) is 4.42. The molecule has 6 heteroatoms. The van der Waals surface area contributed by atoms with E-state index in [1.807, 2.05) is 0 Å². The number of nitrogens with one attached hydrogen (secondary N) is 1. The van der Waals surface area contributed by atoms with Gasteiger partial charge < -0.3 is 25.4 Å². The Morgan fingerprint density at radius 2 is 2.24 bits per heavy atom. The molecule has 17 heavy (non-hydrogen) atoms. The summed E-state index contributed by atoms with van der Waals surface area (Å²) in [5.41, 5.74) is 0. The van der Waals surface area contributed by atoms with Gasteiger partial charge in [0.15, 0.2) is 0 Å². The average Bonchev–Trinajstić information content (AvgIpc) is 2.74. The van der Waals surface area contributed by atoms with Gasteiger partial charge >= 0.3 is 0 Å². The number of rotatable bonds is 3. The third-order valence-corrected chi connectivity index (χ3v) is 3.29. The highest BCUT2D eigenvalue weighted by molar-refractivity contribution is 5.76. The minimum Gasteiger partial charge on any atom is -0.460 e. The number of ether oxygens (including phenoxy) is 1. The predicted octanol–water partition coefficient (Wildman–Crippen LogP) is -1.38. The lowest BCUT2D eigenvalue weighted by molar-refractivity contribution is -0.0948. The first-order valence-corrected chi connectivity index (χ1v) is 5.73. The van der Waals surface area contributed by atoms with Crippen LogP contribution in [-0.2, 0) is 4.74 Å². The van der Waals surface area contributed by atoms with Gasteiger partial charge in [-0.2, -0.15) is 0 Å². The maximum absolute atomic E-state index is 9.91. The van der Waals surface area contributed by atoms with Crippen LogP contribution in [-0.4, -0.2) is 58.8 Å². The number of fused-ring (bicyclic) bond motifs is 1. The summed E-state index contributed by atoms with van der Waals surface area (Å²) in [5.74, 6) is -0.355. The summed E-state index contributed by atoms with van der Waals surface area (Å²) in [6.45, 7) is 3.82. The number of amidine groups is 1. The monoisotopic (exact) mass is 242 g/mol. The van der Waals surface area contributed by atoms with E-state index in [-0.39, 0.29) is 24.7 Å². The number of hydrogen-bond acceptors (Lipinski definition) is 5. The van der Waals surface area contributed by atoms with Crippen molar-refractivity contribution in [3.8, 4) is 0 Å². The van der Waals surface area contributed by atoms with Gasteiger partial charge in [-0.25, -0.2) is 4.99 Å². The van der Waals surface area contributed by atoms with E-state index in [1.54, 1.807) is 6.08 Å². The van der Waals surface area contributed by atoms with Crippen molar-refractivity contribution < 1.29 is 20.1 Å². The number of hydrogen-bond donors (Lipinski definition) is 4. The third-order valence-electron chi connectivity index (χ3n) is 3.29. The standard InChI is InChI=1S/C11H18N2O4/c1-2-3-12-11-13-8-7(17-11)4-6(5-14)9(15)10(8)16/h2,6-10,14-16H,1,3-5H2,(H,12,13). The third kappa shape index (κ3) is 2.29. The van der Waals surface area contributed by atoms with Crippen molar-refractivity contribution in [2.24, 2.45) is 10.9 Å². The maximum atomic E-state index is 9.91. The van der Waals surface area contributed by atoms with Gasteiger partial charge in [-0.05, 0) is 6.42 Å². The van der Waals surface area contributed by atoms with Crippen molar-refractivity contribution in [1.82, 2.24) is 5.32 Å². The van der Waals surface area contributed by atoms with Crippen LogP contribution in [0, 0.1) is 5.92 Å². The van der Waals surface area contributed by atoms with E-state index in [1.165, 1.54) is 0 Å². The summed E-state index contributed by atoms with van der Waals surface area (Å²) >= 11 is 0. The lowest BCUT2D eigenvalue weighted by Crippen LogP contribution is -2.56. The molecule has 0 bridgehead atoms. The first-order valence-electron chi connectivity index (χ1n) is 5.73. The van der Waals surface area contributed by atoms with E-state index in [4.69, 9.17) is 9.84 Å². The maximum Gasteiger partial charge on any atom is 0.285 e. The Labute approximate surface area is 99.6 Å². The van der Waals surface area contributed by atoms with E-state index < -0.39 is 12.2 Å². The molecule has 4 N–H and O–H groups in total. The van der Waals surface area contributed by atoms with Gasteiger partial charge in [0, 0.05) is 12.5 Å². The van der Waals surface area contributed by atoms with E-state index >= 15 is 0 Å². The second-order valence-electron chi connectivity index (χ2n) is 4.42. The van der Waals surface area contributed by atoms with Crippen LogP contribution in [0.1, 0.15) is 6.42 Å². The number of aliphatic hydroxyl groups excluding tert-OH is 3. The van der Waals surface area contributed by atoms with Gasteiger partial charge in [0.25, 0.3) is 6.02 Å². The molecule has 0 aromatic heterocycles. The smallest absolute Gasteiger partial charge is 0.285 e. The second kappa shape index (κ2) is 5.03. The van der Waals surface area contributed by atoms with E-state index in [0.717, 1.165) is 0 Å². The minimum atomic E-state index is -0.956. The molecule has 1 aliphatic carbocycles. The summed E-state index contributed by atoms with van der Waals surface area (Å²) in [4.78, 5) is 4.09. The molecule has 2 rings (SSSR count). The molecule has 5 atom stereocenters. The Balaban J connectivity index is 2.07. The molecule has 1 aliphatic heterocycles. The van der Waals surface area contributed by atoms with Gasteiger partial charge in [-0.15, -0.1) is 6.58 Å². The average molecular weight is 242 g/mol. The summed E-state index contributed by atoms with van der Waals surface area (Å²) in [6.07, 6.45) is -0.00559. The molecule has 6 nitrogen and oxygen atoms in total. The van der Waals surface area contributed by atoms with Crippen LogP contribution in [0.25, 0.3) is 0 Å². The van der Waals surface area contributed by atoms with Gasteiger partial charge in [0.1, 0.15) is 12.2 Å². The highest BCUT2D eigenvalue weighted by Gasteiger charge is 2.48. The van der Waals surface area contributed by atoms with E-state index in [0.29, 0.717) is 19.0 Å². The fourth-order valence-corrected chi connectivity index (χ4v) is 2.33. The van der Waals surface area contributed by atoms with Crippen LogP contribution in [0.4, 0.5) is 0 Å². The number of nitrogens with zero attached hydrogens (tertiary/aromatic N) is 1. The van der Waals surface area contributed by atoms with Gasteiger partial charge in [0.05, 0.1) is 18.7 Å². The van der Waals surface area contributed by atoms with Crippen molar-refractivity contribution in [1.29, 1.82) is 0 Å². The topological polar surface area (TPSA) is 94.3 Å². The summed E-state index contributed by atoms with van der Waals surface area (Å²) in [5, 5.41) is 31.8. The quantitative estimate of drug-likeness (QED) is 0.458. The van der Waals surface area contributed by atoms with Gasteiger partial charge in [-0.1, -0.05) is 6.08 Å². The largest absolute Gasteiger partial charge is 0.460 e. The molecule has 96 valence electrons. The highest BCUT2D eigenvalue weighted by atomic mass is 16.5. The Bertz CT molecular complexity index is 321. The Hall–Kier alpha value is -1.11. The predicted molar refractivity (Wildman–Crippen MR) is 61.5 cm³/mol. The van der Waals surface area contributed by atoms with Crippen molar-refractivity contribution in [2.45, 2.75) is 30.8 Å². The summed E-state index contributed by atoms with van der Waals surface area (Å²) in [6, 6.07) is 0.00102. The molecule has 0 amide bonds. The fraction of sp³-hybridized carbons (Fsp3) is 0.727. The Morgan fingerprint density at radius 3 is 2.88 bits per heavy atom. The first kappa shape index (κ1) is 12.3. The van der Waals surface area contributed by atoms with Crippen molar-refractivity contribution in [3.63, 3.8) is 0 Å². The summed E-state index contributed by atoms with van der Waals surface area (Å²) < 4.78 is 5.53. The van der Waals surface area contributed by atoms with Gasteiger partial charge in [-0.3, -0.25) is 0 Å². The highest BCUT2D eigenvalue weighted by Crippen LogP contribution is 2.30. The van der Waals surface area contributed by atoms with Crippen molar-refractivity contribution >= 4 is 6.02 Å². The molecule has 1 saturated heterocycles. The molecule has 2 aliphatic rings. The number of aliphatic imine (C=N–C) groups is 1. The minimum absolute atomic E-state index is 0.163. The SMILES string of the molecule is C=CCN=C1NC2C(CC(CO)C(O)C2O)O1. The lowest BCUT2D eigenvalue weighted by Gasteiger charge is -2.37. The fourth-order valence-electron chi connectivity index (χ4n) is 2.33. The lowest BCUT2D eigenvalue weighted by atomic mass is 9.80. The molecular formula is C11H18N2O4. The molecule has 1 heterocycles. The Kier molecular flexibility index (Phi) is 3.66. The van der Waals surface area contributed by atoms with Crippen molar-refractivity contribution in [3.05, 3.63) is 12.7 Å².